The van der Waals surface area contributed by atoms with E-state index in [0.29, 0.717) is 24.6 Å². The molecule has 0 amide bonds. The van der Waals surface area contributed by atoms with Gasteiger partial charge in [0.05, 0.1) is 0 Å². The fourth-order valence-corrected chi connectivity index (χ4v) is 3.37. The quantitative estimate of drug-likeness (QED) is 0.728. The fraction of sp³-hybridized carbons (Fsp3) is 1.00. The zero-order valence-electron chi connectivity index (χ0n) is 12.8. The van der Waals surface area contributed by atoms with Gasteiger partial charge in [-0.3, -0.25) is 0 Å². The van der Waals surface area contributed by atoms with Crippen LogP contribution in [0.15, 0.2) is 0 Å². The Bertz CT molecular complexity index is 215. The molecule has 0 aromatic heterocycles. The Kier molecular flexibility index (Phi) is 7.25. The molecule has 0 radical (unpaired) electrons. The molecule has 2 nitrogen and oxygen atoms in total. The lowest BCUT2D eigenvalue weighted by Crippen LogP contribution is -2.44. The van der Waals surface area contributed by atoms with Gasteiger partial charge in [-0.05, 0) is 43.4 Å². The summed E-state index contributed by atoms with van der Waals surface area (Å²) < 4.78 is 0. The second kappa shape index (κ2) is 8.16. The van der Waals surface area contributed by atoms with Crippen LogP contribution in [0.5, 0.6) is 0 Å². The van der Waals surface area contributed by atoms with E-state index in [1.54, 1.807) is 0 Å². The molecule has 0 bridgehead atoms. The van der Waals surface area contributed by atoms with Gasteiger partial charge in [-0.1, -0.05) is 40.5 Å². The molecule has 0 aromatic rings. The fourth-order valence-electron chi connectivity index (χ4n) is 3.37. The summed E-state index contributed by atoms with van der Waals surface area (Å²) in [5, 5.41) is 12.9. The van der Waals surface area contributed by atoms with Crippen molar-refractivity contribution in [2.24, 2.45) is 17.8 Å². The van der Waals surface area contributed by atoms with Crippen LogP contribution >= 0.6 is 0 Å². The Morgan fingerprint density at radius 3 is 2.44 bits per heavy atom. The average Bonchev–Trinajstić information content (AvgIpc) is 2.28. The van der Waals surface area contributed by atoms with Gasteiger partial charge in [-0.25, -0.2) is 0 Å². The molecular weight excluding hydrogens is 222 g/mol. The summed E-state index contributed by atoms with van der Waals surface area (Å²) in [6.45, 7) is 9.47. The molecule has 0 spiro atoms. The van der Waals surface area contributed by atoms with Crippen LogP contribution in [0.25, 0.3) is 0 Å². The van der Waals surface area contributed by atoms with Crippen molar-refractivity contribution >= 4 is 0 Å². The van der Waals surface area contributed by atoms with Gasteiger partial charge in [-0.15, -0.1) is 0 Å². The minimum atomic E-state index is 0.304. The molecule has 1 saturated carbocycles. The molecule has 0 heterocycles. The van der Waals surface area contributed by atoms with Crippen LogP contribution in [0.3, 0.4) is 0 Å². The number of nitrogens with one attached hydrogen (secondary N) is 1. The lowest BCUT2D eigenvalue weighted by Gasteiger charge is -2.34. The van der Waals surface area contributed by atoms with Crippen molar-refractivity contribution in [3.05, 3.63) is 0 Å². The zero-order valence-corrected chi connectivity index (χ0v) is 12.8. The average molecular weight is 255 g/mol. The monoisotopic (exact) mass is 255 g/mol. The Labute approximate surface area is 114 Å². The van der Waals surface area contributed by atoms with E-state index in [4.69, 9.17) is 5.11 Å². The van der Waals surface area contributed by atoms with E-state index in [0.717, 1.165) is 18.3 Å². The van der Waals surface area contributed by atoms with Gasteiger partial charge >= 0.3 is 0 Å². The molecule has 1 aliphatic rings. The standard InChI is InChI=1S/C16H33NO/c1-12(2)10-14-6-5-7-15(11-14)17-16(8-9-18)13(3)4/h12-18H,5-11H2,1-4H3. The van der Waals surface area contributed by atoms with E-state index in [1.165, 1.54) is 32.1 Å². The van der Waals surface area contributed by atoms with E-state index in [2.05, 4.69) is 33.0 Å². The van der Waals surface area contributed by atoms with Crippen molar-refractivity contribution in [1.82, 2.24) is 5.32 Å². The van der Waals surface area contributed by atoms with E-state index in [-0.39, 0.29) is 0 Å². The summed E-state index contributed by atoms with van der Waals surface area (Å²) in [5.41, 5.74) is 0. The Hall–Kier alpha value is -0.0800. The largest absolute Gasteiger partial charge is 0.396 e. The summed E-state index contributed by atoms with van der Waals surface area (Å²) in [7, 11) is 0. The summed E-state index contributed by atoms with van der Waals surface area (Å²) >= 11 is 0. The minimum absolute atomic E-state index is 0.304. The lowest BCUT2D eigenvalue weighted by molar-refractivity contribution is 0.198. The molecule has 2 heteroatoms. The van der Waals surface area contributed by atoms with Gasteiger partial charge < -0.3 is 10.4 Å². The maximum atomic E-state index is 9.15. The highest BCUT2D eigenvalue weighted by Crippen LogP contribution is 2.30. The van der Waals surface area contributed by atoms with Crippen molar-refractivity contribution < 1.29 is 5.11 Å². The van der Waals surface area contributed by atoms with Crippen LogP contribution in [-0.4, -0.2) is 23.8 Å². The van der Waals surface area contributed by atoms with E-state index in [9.17, 15) is 0 Å². The summed E-state index contributed by atoms with van der Waals surface area (Å²) in [4.78, 5) is 0. The van der Waals surface area contributed by atoms with Crippen LogP contribution in [-0.2, 0) is 0 Å². The van der Waals surface area contributed by atoms with Crippen molar-refractivity contribution in [2.75, 3.05) is 6.61 Å². The Morgan fingerprint density at radius 2 is 1.89 bits per heavy atom. The van der Waals surface area contributed by atoms with E-state index >= 15 is 0 Å². The predicted octanol–water partition coefficient (Wildman–Crippen LogP) is 3.59. The first-order chi connectivity index (χ1) is 8.52. The van der Waals surface area contributed by atoms with Crippen LogP contribution in [0, 0.1) is 17.8 Å². The van der Waals surface area contributed by atoms with Gasteiger partial charge in [0.1, 0.15) is 0 Å². The number of aliphatic hydroxyl groups excluding tert-OH is 1. The molecule has 3 atom stereocenters. The minimum Gasteiger partial charge on any atom is -0.396 e. The van der Waals surface area contributed by atoms with Crippen molar-refractivity contribution in [3.8, 4) is 0 Å². The first-order valence-corrected chi connectivity index (χ1v) is 7.89. The van der Waals surface area contributed by atoms with Gasteiger partial charge in [0.25, 0.3) is 0 Å². The van der Waals surface area contributed by atoms with Crippen LogP contribution < -0.4 is 5.32 Å². The van der Waals surface area contributed by atoms with Crippen LogP contribution in [0.4, 0.5) is 0 Å². The highest BCUT2D eigenvalue weighted by molar-refractivity contribution is 4.82. The van der Waals surface area contributed by atoms with Crippen molar-refractivity contribution in [1.29, 1.82) is 0 Å². The lowest BCUT2D eigenvalue weighted by atomic mass is 9.80. The molecule has 1 fully saturated rings. The predicted molar refractivity (Wildman–Crippen MR) is 78.7 cm³/mol. The van der Waals surface area contributed by atoms with Crippen LogP contribution in [0.1, 0.15) is 66.2 Å². The first kappa shape index (κ1) is 16.0. The van der Waals surface area contributed by atoms with Crippen LogP contribution in [0.2, 0.25) is 0 Å². The first-order valence-electron chi connectivity index (χ1n) is 7.89. The molecular formula is C16H33NO. The van der Waals surface area contributed by atoms with E-state index in [1.807, 2.05) is 0 Å². The Balaban J connectivity index is 2.40. The third kappa shape index (κ3) is 5.71. The molecule has 0 saturated heterocycles. The third-order valence-electron chi connectivity index (χ3n) is 4.28. The van der Waals surface area contributed by atoms with E-state index < -0.39 is 0 Å². The topological polar surface area (TPSA) is 32.3 Å². The molecule has 2 N–H and O–H groups in total. The third-order valence-corrected chi connectivity index (χ3v) is 4.28. The van der Waals surface area contributed by atoms with Gasteiger partial charge in [0.2, 0.25) is 0 Å². The molecule has 1 rings (SSSR count). The molecule has 0 aromatic carbocycles. The van der Waals surface area contributed by atoms with Crippen molar-refractivity contribution in [3.63, 3.8) is 0 Å². The molecule has 3 unspecified atom stereocenters. The number of rotatable bonds is 7. The van der Waals surface area contributed by atoms with Crippen molar-refractivity contribution in [2.45, 2.75) is 78.3 Å². The molecule has 1 aliphatic carbocycles. The number of aliphatic hydroxyl groups is 1. The highest BCUT2D eigenvalue weighted by Gasteiger charge is 2.25. The maximum absolute atomic E-state index is 9.15. The van der Waals surface area contributed by atoms with Gasteiger partial charge in [-0.2, -0.15) is 0 Å². The summed E-state index contributed by atoms with van der Waals surface area (Å²) in [6.07, 6.45) is 7.73. The second-order valence-corrected chi connectivity index (χ2v) is 6.89. The van der Waals surface area contributed by atoms with Gasteiger partial charge in [0.15, 0.2) is 0 Å². The molecule has 108 valence electrons. The molecule has 18 heavy (non-hydrogen) atoms. The SMILES string of the molecule is CC(C)CC1CCCC(NC(CCO)C(C)C)C1. The smallest absolute Gasteiger partial charge is 0.0445 e. The zero-order chi connectivity index (χ0) is 13.5. The maximum Gasteiger partial charge on any atom is 0.0445 e. The summed E-state index contributed by atoms with van der Waals surface area (Å²) in [5.74, 6) is 2.35. The highest BCUT2D eigenvalue weighted by atomic mass is 16.3. The second-order valence-electron chi connectivity index (χ2n) is 6.89. The normalized spacial score (nSPS) is 26.8. The molecule has 0 aliphatic heterocycles. The van der Waals surface area contributed by atoms with Gasteiger partial charge in [0, 0.05) is 18.7 Å². The summed E-state index contributed by atoms with van der Waals surface area (Å²) in [6, 6.07) is 1.17. The number of hydrogen-bond donors (Lipinski definition) is 2. The number of hydrogen-bond acceptors (Lipinski definition) is 2. The Morgan fingerprint density at radius 1 is 1.17 bits per heavy atom.